The third kappa shape index (κ3) is 4.16. The largest absolute Gasteiger partial charge is 0.484 e. The fourth-order valence-corrected chi connectivity index (χ4v) is 5.12. The number of hydrogen-bond acceptors (Lipinski definition) is 7. The number of ether oxygens (including phenoxy) is 2. The Bertz CT molecular complexity index is 1280. The third-order valence-electron chi connectivity index (χ3n) is 6.57. The van der Waals surface area contributed by atoms with Gasteiger partial charge in [0.2, 0.25) is 0 Å². The van der Waals surface area contributed by atoms with Crippen LogP contribution in [0.1, 0.15) is 15.9 Å². The number of morpholine rings is 1. The molecule has 1 amide bonds. The topological polar surface area (TPSA) is 84.2 Å². The molecule has 1 N–H and O–H groups in total. The molecule has 1 aromatic carbocycles. The first-order valence-electron chi connectivity index (χ1n) is 11.4. The van der Waals surface area contributed by atoms with Gasteiger partial charge in [0, 0.05) is 56.6 Å². The second-order valence-electron chi connectivity index (χ2n) is 9.20. The van der Waals surface area contributed by atoms with Crippen LogP contribution in [0.4, 0.5) is 24.5 Å². The molecule has 2 fully saturated rings. The summed E-state index contributed by atoms with van der Waals surface area (Å²) in [6, 6.07) is 5.48. The van der Waals surface area contributed by atoms with Crippen molar-refractivity contribution in [1.29, 1.82) is 0 Å². The van der Waals surface area contributed by atoms with Crippen molar-refractivity contribution >= 4 is 22.9 Å². The van der Waals surface area contributed by atoms with E-state index in [-0.39, 0.29) is 19.0 Å². The fourth-order valence-electron chi connectivity index (χ4n) is 5.12. The average Bonchev–Trinajstić information content (AvgIpc) is 3.39. The van der Waals surface area contributed by atoms with Crippen LogP contribution in [0.3, 0.4) is 0 Å². The summed E-state index contributed by atoms with van der Waals surface area (Å²) in [4.78, 5) is 20.9. The number of nitrogens with zero attached hydrogens (tertiary/aromatic N) is 5. The summed E-state index contributed by atoms with van der Waals surface area (Å²) in [7, 11) is 0. The smallest absolute Gasteiger partial charge is 0.401 e. The highest BCUT2D eigenvalue weighted by molar-refractivity contribution is 6.09. The van der Waals surface area contributed by atoms with E-state index in [1.54, 1.807) is 18.5 Å². The summed E-state index contributed by atoms with van der Waals surface area (Å²) >= 11 is 0. The Morgan fingerprint density at radius 1 is 1.20 bits per heavy atom. The molecule has 6 rings (SSSR count). The molecule has 1 spiro atoms. The predicted molar refractivity (Wildman–Crippen MR) is 120 cm³/mol. The summed E-state index contributed by atoms with van der Waals surface area (Å²) in [5.41, 5.74) is 2.38. The minimum absolute atomic E-state index is 0.212. The van der Waals surface area contributed by atoms with E-state index in [9.17, 15) is 18.0 Å². The number of hydrogen-bond donors (Lipinski definition) is 1. The second kappa shape index (κ2) is 8.09. The number of likely N-dealkylation sites (tertiary alicyclic amines) is 1. The molecule has 0 unspecified atom stereocenters. The fraction of sp³-hybridized carbons (Fsp3) is 0.435. The van der Waals surface area contributed by atoms with Crippen LogP contribution in [0.5, 0.6) is 5.75 Å². The Hall–Kier alpha value is -3.38. The van der Waals surface area contributed by atoms with Crippen LogP contribution in [0.2, 0.25) is 0 Å². The molecule has 0 saturated carbocycles. The maximum absolute atomic E-state index is 13.2. The van der Waals surface area contributed by atoms with Gasteiger partial charge < -0.3 is 19.7 Å². The van der Waals surface area contributed by atoms with Gasteiger partial charge in [-0.3, -0.25) is 9.69 Å². The monoisotopic (exact) mass is 488 g/mol. The molecule has 3 aliphatic rings. The minimum Gasteiger partial charge on any atom is -0.484 e. The molecule has 2 saturated heterocycles. The number of benzene rings is 1. The SMILES string of the molecule is O=C(Nc1cc2c(cc1N1CCOCC1)OC1(C2)CN(CC(F)(F)F)C1)c1cnn2cccnc12. The van der Waals surface area contributed by atoms with E-state index in [4.69, 9.17) is 9.47 Å². The van der Waals surface area contributed by atoms with Gasteiger partial charge in [-0.2, -0.15) is 18.3 Å². The first-order valence-corrected chi connectivity index (χ1v) is 11.4. The average molecular weight is 488 g/mol. The van der Waals surface area contributed by atoms with Crippen molar-refractivity contribution < 1.29 is 27.4 Å². The molecule has 12 heteroatoms. The van der Waals surface area contributed by atoms with E-state index < -0.39 is 18.3 Å². The summed E-state index contributed by atoms with van der Waals surface area (Å²) in [6.45, 7) is 1.88. The first-order chi connectivity index (χ1) is 16.8. The zero-order chi connectivity index (χ0) is 24.2. The van der Waals surface area contributed by atoms with Crippen molar-refractivity contribution in [3.05, 3.63) is 47.9 Å². The lowest BCUT2D eigenvalue weighted by Gasteiger charge is -2.47. The summed E-state index contributed by atoms with van der Waals surface area (Å²) in [6.07, 6.45) is 1.04. The van der Waals surface area contributed by atoms with Crippen LogP contribution in [0, 0.1) is 0 Å². The third-order valence-corrected chi connectivity index (χ3v) is 6.57. The standard InChI is InChI=1S/C23H23F3N6O3/c24-23(25,26)14-30-12-22(13-30)10-15-8-17(18(9-19(15)35-22)31-4-6-34-7-5-31)29-21(33)16-11-28-32-3-1-2-27-20(16)32/h1-3,8-9,11H,4-7,10,12-14H2,(H,29,33). The molecular weight excluding hydrogens is 465 g/mol. The van der Waals surface area contributed by atoms with E-state index in [0.29, 0.717) is 55.4 Å². The van der Waals surface area contributed by atoms with Gasteiger partial charge in [0.25, 0.3) is 5.91 Å². The molecule has 0 radical (unpaired) electrons. The van der Waals surface area contributed by atoms with Crippen LogP contribution >= 0.6 is 0 Å². The van der Waals surface area contributed by atoms with Crippen LogP contribution in [-0.4, -0.2) is 83.1 Å². The molecule has 3 aromatic rings. The summed E-state index contributed by atoms with van der Waals surface area (Å²) < 4.78 is 51.5. The highest BCUT2D eigenvalue weighted by Gasteiger charge is 2.52. The number of rotatable bonds is 4. The second-order valence-corrected chi connectivity index (χ2v) is 9.20. The van der Waals surface area contributed by atoms with Crippen molar-refractivity contribution in [1.82, 2.24) is 19.5 Å². The molecule has 2 aromatic heterocycles. The van der Waals surface area contributed by atoms with Crippen molar-refractivity contribution in [3.8, 4) is 5.75 Å². The minimum atomic E-state index is -4.24. The highest BCUT2D eigenvalue weighted by atomic mass is 19.4. The van der Waals surface area contributed by atoms with Crippen molar-refractivity contribution in [2.45, 2.75) is 18.2 Å². The lowest BCUT2D eigenvalue weighted by atomic mass is 9.89. The van der Waals surface area contributed by atoms with Gasteiger partial charge >= 0.3 is 6.18 Å². The normalized spacial score (nSPS) is 19.5. The molecule has 5 heterocycles. The van der Waals surface area contributed by atoms with Gasteiger partial charge in [0.1, 0.15) is 16.9 Å². The number of alkyl halides is 3. The molecule has 9 nitrogen and oxygen atoms in total. The zero-order valence-electron chi connectivity index (χ0n) is 18.7. The first kappa shape index (κ1) is 22.1. The Balaban J connectivity index is 1.28. The number of amides is 1. The van der Waals surface area contributed by atoms with Gasteiger partial charge in [-0.15, -0.1) is 0 Å². The maximum Gasteiger partial charge on any atom is 0.401 e. The van der Waals surface area contributed by atoms with E-state index in [1.165, 1.54) is 15.6 Å². The number of carbonyl (C=O) groups excluding carboxylic acids is 1. The Morgan fingerprint density at radius 3 is 2.77 bits per heavy atom. The number of halogens is 3. The number of nitrogens with one attached hydrogen (secondary N) is 1. The van der Waals surface area contributed by atoms with E-state index >= 15 is 0 Å². The predicted octanol–water partition coefficient (Wildman–Crippen LogP) is 2.37. The van der Waals surface area contributed by atoms with Gasteiger partial charge in [-0.05, 0) is 12.1 Å². The number of aromatic nitrogens is 3. The maximum atomic E-state index is 13.2. The zero-order valence-corrected chi connectivity index (χ0v) is 18.7. The molecule has 0 atom stereocenters. The van der Waals surface area contributed by atoms with Crippen LogP contribution < -0.4 is 15.0 Å². The van der Waals surface area contributed by atoms with Gasteiger partial charge in [0.05, 0.1) is 37.3 Å². The Labute approximate surface area is 198 Å². The van der Waals surface area contributed by atoms with Gasteiger partial charge in [0.15, 0.2) is 5.65 Å². The number of anilines is 2. The van der Waals surface area contributed by atoms with Crippen LogP contribution in [0.15, 0.2) is 36.8 Å². The van der Waals surface area contributed by atoms with Crippen molar-refractivity contribution in [2.24, 2.45) is 0 Å². The quantitative estimate of drug-likeness (QED) is 0.604. The number of fused-ring (bicyclic) bond motifs is 2. The van der Waals surface area contributed by atoms with Crippen molar-refractivity contribution in [2.75, 3.05) is 56.2 Å². The molecule has 0 aliphatic carbocycles. The summed E-state index contributed by atoms with van der Waals surface area (Å²) in [5.74, 6) is 0.301. The Morgan fingerprint density at radius 2 is 2.00 bits per heavy atom. The molecule has 3 aliphatic heterocycles. The van der Waals surface area contributed by atoms with Gasteiger partial charge in [-0.25, -0.2) is 9.50 Å². The van der Waals surface area contributed by atoms with E-state index in [2.05, 4.69) is 20.3 Å². The van der Waals surface area contributed by atoms with E-state index in [0.717, 1.165) is 11.3 Å². The number of carbonyl (C=O) groups is 1. The van der Waals surface area contributed by atoms with Gasteiger partial charge in [-0.1, -0.05) is 0 Å². The lowest BCUT2D eigenvalue weighted by Crippen LogP contribution is -2.65. The van der Waals surface area contributed by atoms with Crippen LogP contribution in [0.25, 0.3) is 5.65 Å². The van der Waals surface area contributed by atoms with E-state index in [1.807, 2.05) is 12.1 Å². The molecule has 184 valence electrons. The lowest BCUT2D eigenvalue weighted by molar-refractivity contribution is -0.176. The molecule has 0 bridgehead atoms. The molecule has 35 heavy (non-hydrogen) atoms. The highest BCUT2D eigenvalue weighted by Crippen LogP contribution is 2.45. The van der Waals surface area contributed by atoms with Crippen LogP contribution in [-0.2, 0) is 11.2 Å². The molecular formula is C23H23F3N6O3. The van der Waals surface area contributed by atoms with Crippen molar-refractivity contribution in [3.63, 3.8) is 0 Å². The Kier molecular flexibility index (Phi) is 5.11. The summed E-state index contributed by atoms with van der Waals surface area (Å²) in [5, 5.41) is 7.19.